The normalized spacial score (nSPS) is 10.9. The Balaban J connectivity index is 2.11. The van der Waals surface area contributed by atoms with E-state index in [4.69, 9.17) is 4.74 Å². The number of ether oxygens (including phenoxy) is 1. The van der Waals surface area contributed by atoms with E-state index < -0.39 is 0 Å². The summed E-state index contributed by atoms with van der Waals surface area (Å²) in [6.45, 7) is 9.33. The number of rotatable bonds is 7. The first-order valence-corrected chi connectivity index (χ1v) is 8.08. The van der Waals surface area contributed by atoms with Crippen LogP contribution in [0.25, 0.3) is 0 Å². The molecule has 0 aliphatic carbocycles. The minimum absolute atomic E-state index is 0.537. The van der Waals surface area contributed by atoms with Gasteiger partial charge < -0.3 is 10.1 Å². The standard InChI is InChI=1S/C16H22BrN3O/c1-4-18-10-13-9-14(17)6-7-16(13)21-11-15-8-12(3)19-20(15)5-2/h6-9,18H,4-5,10-11H2,1-3H3. The van der Waals surface area contributed by atoms with Crippen molar-refractivity contribution in [2.75, 3.05) is 6.54 Å². The molecule has 21 heavy (non-hydrogen) atoms. The molecule has 0 spiro atoms. The Bertz CT molecular complexity index is 595. The third-order valence-electron chi connectivity index (χ3n) is 3.25. The van der Waals surface area contributed by atoms with Gasteiger partial charge in [0.25, 0.3) is 0 Å². The molecule has 0 saturated heterocycles. The largest absolute Gasteiger partial charge is 0.487 e. The zero-order valence-electron chi connectivity index (χ0n) is 12.8. The fourth-order valence-corrected chi connectivity index (χ4v) is 2.64. The summed E-state index contributed by atoms with van der Waals surface area (Å²) in [5, 5.41) is 7.78. The van der Waals surface area contributed by atoms with Crippen LogP contribution in [0.5, 0.6) is 5.75 Å². The van der Waals surface area contributed by atoms with Gasteiger partial charge in [0, 0.05) is 23.1 Å². The van der Waals surface area contributed by atoms with Crippen LogP contribution < -0.4 is 10.1 Å². The van der Waals surface area contributed by atoms with Crippen molar-refractivity contribution in [3.63, 3.8) is 0 Å². The maximum atomic E-state index is 6.01. The van der Waals surface area contributed by atoms with Crippen molar-refractivity contribution in [1.82, 2.24) is 15.1 Å². The van der Waals surface area contributed by atoms with Crippen molar-refractivity contribution in [3.8, 4) is 5.75 Å². The topological polar surface area (TPSA) is 39.1 Å². The first kappa shape index (κ1) is 16.0. The quantitative estimate of drug-likeness (QED) is 0.827. The number of aryl methyl sites for hydroxylation is 2. The Morgan fingerprint density at radius 1 is 1.29 bits per heavy atom. The third-order valence-corrected chi connectivity index (χ3v) is 3.74. The van der Waals surface area contributed by atoms with Crippen LogP contribution in [0.3, 0.4) is 0 Å². The molecular weight excluding hydrogens is 330 g/mol. The molecule has 1 heterocycles. The van der Waals surface area contributed by atoms with Gasteiger partial charge in [-0.1, -0.05) is 22.9 Å². The van der Waals surface area contributed by atoms with E-state index in [0.29, 0.717) is 6.61 Å². The highest BCUT2D eigenvalue weighted by Gasteiger charge is 2.08. The van der Waals surface area contributed by atoms with E-state index in [1.54, 1.807) is 0 Å². The molecule has 0 bridgehead atoms. The van der Waals surface area contributed by atoms with Crippen LogP contribution >= 0.6 is 15.9 Å². The van der Waals surface area contributed by atoms with Crippen molar-refractivity contribution in [2.24, 2.45) is 0 Å². The van der Waals surface area contributed by atoms with Crippen molar-refractivity contribution in [1.29, 1.82) is 0 Å². The SMILES string of the molecule is CCNCc1cc(Br)ccc1OCc1cc(C)nn1CC. The first-order chi connectivity index (χ1) is 10.1. The predicted octanol–water partition coefficient (Wildman–Crippen LogP) is 3.66. The molecule has 2 rings (SSSR count). The van der Waals surface area contributed by atoms with E-state index >= 15 is 0 Å². The zero-order chi connectivity index (χ0) is 15.2. The lowest BCUT2D eigenvalue weighted by Gasteiger charge is -2.13. The van der Waals surface area contributed by atoms with Gasteiger partial charge in [0.2, 0.25) is 0 Å². The molecule has 4 nitrogen and oxygen atoms in total. The van der Waals surface area contributed by atoms with Gasteiger partial charge in [-0.05, 0) is 44.7 Å². The molecule has 1 N–H and O–H groups in total. The summed E-state index contributed by atoms with van der Waals surface area (Å²) in [5.74, 6) is 0.917. The minimum Gasteiger partial charge on any atom is -0.487 e. The Morgan fingerprint density at radius 3 is 2.81 bits per heavy atom. The van der Waals surface area contributed by atoms with E-state index in [0.717, 1.165) is 46.8 Å². The van der Waals surface area contributed by atoms with Gasteiger partial charge in [0.15, 0.2) is 0 Å². The highest BCUT2D eigenvalue weighted by Crippen LogP contribution is 2.24. The maximum Gasteiger partial charge on any atom is 0.130 e. The van der Waals surface area contributed by atoms with E-state index in [2.05, 4.69) is 52.3 Å². The molecule has 1 aromatic carbocycles. The number of hydrogen-bond donors (Lipinski definition) is 1. The molecule has 0 atom stereocenters. The third kappa shape index (κ3) is 4.32. The van der Waals surface area contributed by atoms with Gasteiger partial charge in [-0.15, -0.1) is 0 Å². The molecule has 0 amide bonds. The number of benzene rings is 1. The van der Waals surface area contributed by atoms with Crippen molar-refractivity contribution < 1.29 is 4.74 Å². The Kier molecular flexibility index (Phi) is 5.82. The van der Waals surface area contributed by atoms with Gasteiger partial charge >= 0.3 is 0 Å². The van der Waals surface area contributed by atoms with E-state index in [9.17, 15) is 0 Å². The fraction of sp³-hybridized carbons (Fsp3) is 0.438. The lowest BCUT2D eigenvalue weighted by atomic mass is 10.2. The molecule has 1 aromatic heterocycles. The molecule has 0 saturated carbocycles. The predicted molar refractivity (Wildman–Crippen MR) is 88.5 cm³/mol. The maximum absolute atomic E-state index is 6.01. The molecule has 0 fully saturated rings. The Morgan fingerprint density at radius 2 is 2.10 bits per heavy atom. The molecular formula is C16H22BrN3O. The van der Waals surface area contributed by atoms with Crippen molar-refractivity contribution in [2.45, 2.75) is 40.5 Å². The number of halogens is 1. The number of nitrogens with one attached hydrogen (secondary N) is 1. The number of hydrogen-bond acceptors (Lipinski definition) is 3. The Labute approximate surface area is 134 Å². The molecule has 5 heteroatoms. The van der Waals surface area contributed by atoms with Gasteiger partial charge in [-0.2, -0.15) is 5.10 Å². The van der Waals surface area contributed by atoms with Gasteiger partial charge in [-0.25, -0.2) is 0 Å². The van der Waals surface area contributed by atoms with Crippen LogP contribution in [0, 0.1) is 6.92 Å². The van der Waals surface area contributed by atoms with E-state index in [-0.39, 0.29) is 0 Å². The molecule has 0 aliphatic heterocycles. The summed E-state index contributed by atoms with van der Waals surface area (Å²) in [4.78, 5) is 0. The van der Waals surface area contributed by atoms with Crippen LogP contribution in [-0.2, 0) is 19.7 Å². The summed E-state index contributed by atoms with van der Waals surface area (Å²) < 4.78 is 9.06. The average molecular weight is 352 g/mol. The highest BCUT2D eigenvalue weighted by atomic mass is 79.9. The fourth-order valence-electron chi connectivity index (χ4n) is 2.23. The Hall–Kier alpha value is -1.33. The first-order valence-electron chi connectivity index (χ1n) is 7.29. The molecule has 0 aliphatic rings. The molecule has 0 unspecified atom stereocenters. The van der Waals surface area contributed by atoms with Crippen LogP contribution in [0.2, 0.25) is 0 Å². The minimum atomic E-state index is 0.537. The van der Waals surface area contributed by atoms with E-state index in [1.807, 2.05) is 23.7 Å². The second-order valence-corrected chi connectivity index (χ2v) is 5.83. The van der Waals surface area contributed by atoms with Crippen LogP contribution in [0.4, 0.5) is 0 Å². The second kappa shape index (κ2) is 7.61. The lowest BCUT2D eigenvalue weighted by molar-refractivity contribution is 0.289. The van der Waals surface area contributed by atoms with Gasteiger partial charge in [0.1, 0.15) is 12.4 Å². The van der Waals surface area contributed by atoms with Gasteiger partial charge in [0.05, 0.1) is 11.4 Å². The number of nitrogens with zero attached hydrogens (tertiary/aromatic N) is 2. The number of aromatic nitrogens is 2. The zero-order valence-corrected chi connectivity index (χ0v) is 14.4. The average Bonchev–Trinajstić information content (AvgIpc) is 2.84. The summed E-state index contributed by atoms with van der Waals surface area (Å²) >= 11 is 3.51. The molecule has 0 radical (unpaired) electrons. The molecule has 114 valence electrons. The van der Waals surface area contributed by atoms with Crippen molar-refractivity contribution in [3.05, 3.63) is 45.7 Å². The van der Waals surface area contributed by atoms with Gasteiger partial charge in [-0.3, -0.25) is 4.68 Å². The molecule has 2 aromatic rings. The summed E-state index contributed by atoms with van der Waals surface area (Å²) in [5.41, 5.74) is 3.29. The highest BCUT2D eigenvalue weighted by molar-refractivity contribution is 9.10. The smallest absolute Gasteiger partial charge is 0.130 e. The summed E-state index contributed by atoms with van der Waals surface area (Å²) in [7, 11) is 0. The monoisotopic (exact) mass is 351 g/mol. The van der Waals surface area contributed by atoms with Crippen LogP contribution in [-0.4, -0.2) is 16.3 Å². The summed E-state index contributed by atoms with van der Waals surface area (Å²) in [6, 6.07) is 8.19. The second-order valence-electron chi connectivity index (χ2n) is 4.91. The summed E-state index contributed by atoms with van der Waals surface area (Å²) in [6.07, 6.45) is 0. The lowest BCUT2D eigenvalue weighted by Crippen LogP contribution is -2.13. The van der Waals surface area contributed by atoms with Crippen LogP contribution in [0.15, 0.2) is 28.7 Å². The van der Waals surface area contributed by atoms with Crippen molar-refractivity contribution >= 4 is 15.9 Å². The van der Waals surface area contributed by atoms with E-state index in [1.165, 1.54) is 0 Å². The van der Waals surface area contributed by atoms with Crippen LogP contribution in [0.1, 0.15) is 30.8 Å².